The topological polar surface area (TPSA) is 47.6 Å². The summed E-state index contributed by atoms with van der Waals surface area (Å²) >= 11 is 0. The highest BCUT2D eigenvalue weighted by molar-refractivity contribution is 5.76. The van der Waals surface area contributed by atoms with E-state index in [1.165, 1.54) is 11.1 Å². The number of carbonyl (C=O) groups excluding carboxylic acids is 1. The van der Waals surface area contributed by atoms with Crippen LogP contribution in [-0.4, -0.2) is 19.6 Å². The van der Waals surface area contributed by atoms with E-state index in [0.717, 1.165) is 24.3 Å². The normalized spacial score (nSPS) is 15.8. The highest BCUT2D eigenvalue weighted by atomic mass is 16.5. The molecule has 3 rings (SSSR count). The summed E-state index contributed by atoms with van der Waals surface area (Å²) in [5.74, 6) is 1.56. The molecule has 2 aromatic carbocycles. The van der Waals surface area contributed by atoms with Gasteiger partial charge in [0.1, 0.15) is 11.5 Å². The Balaban J connectivity index is 1.45. The maximum atomic E-state index is 12.1. The standard InChI is InChI=1S/C19H21NO3/c1-22-15-7-9-16(10-8-15)23-13-12-19(21)20-18-11-6-14-4-2-3-5-17(14)18/h2-5,7-10,18H,6,11-13H2,1H3,(H,20,21). The molecule has 0 heterocycles. The summed E-state index contributed by atoms with van der Waals surface area (Å²) in [6.07, 6.45) is 2.36. The minimum Gasteiger partial charge on any atom is -0.497 e. The Morgan fingerprint density at radius 2 is 1.87 bits per heavy atom. The number of ether oxygens (including phenoxy) is 2. The van der Waals surface area contributed by atoms with Gasteiger partial charge in [-0.3, -0.25) is 4.79 Å². The fourth-order valence-electron chi connectivity index (χ4n) is 2.91. The van der Waals surface area contributed by atoms with Crippen molar-refractivity contribution in [2.45, 2.75) is 25.3 Å². The average molecular weight is 311 g/mol. The van der Waals surface area contributed by atoms with Crippen LogP contribution in [0.5, 0.6) is 11.5 Å². The summed E-state index contributed by atoms with van der Waals surface area (Å²) in [5.41, 5.74) is 2.59. The Bertz CT molecular complexity index is 667. The summed E-state index contributed by atoms with van der Waals surface area (Å²) in [5, 5.41) is 3.10. The van der Waals surface area contributed by atoms with Crippen LogP contribution >= 0.6 is 0 Å². The van der Waals surface area contributed by atoms with Crippen molar-refractivity contribution in [1.82, 2.24) is 5.32 Å². The molecule has 120 valence electrons. The van der Waals surface area contributed by atoms with Crippen LogP contribution in [0.2, 0.25) is 0 Å². The van der Waals surface area contributed by atoms with Crippen molar-refractivity contribution in [3.63, 3.8) is 0 Å². The number of amides is 1. The summed E-state index contributed by atoms with van der Waals surface area (Å²) in [7, 11) is 1.63. The number of nitrogens with one attached hydrogen (secondary N) is 1. The van der Waals surface area contributed by atoms with Crippen molar-refractivity contribution in [2.24, 2.45) is 0 Å². The zero-order chi connectivity index (χ0) is 16.1. The molecule has 2 aromatic rings. The Morgan fingerprint density at radius 3 is 2.65 bits per heavy atom. The van der Waals surface area contributed by atoms with Crippen LogP contribution in [0.3, 0.4) is 0 Å². The van der Waals surface area contributed by atoms with Gasteiger partial charge in [0.25, 0.3) is 0 Å². The number of rotatable bonds is 6. The first-order chi connectivity index (χ1) is 11.3. The number of benzene rings is 2. The Kier molecular flexibility index (Phi) is 4.81. The molecule has 0 radical (unpaired) electrons. The third-order valence-electron chi connectivity index (χ3n) is 4.13. The molecule has 0 saturated carbocycles. The van der Waals surface area contributed by atoms with E-state index in [2.05, 4.69) is 17.4 Å². The molecule has 0 bridgehead atoms. The van der Waals surface area contributed by atoms with Crippen molar-refractivity contribution in [2.75, 3.05) is 13.7 Å². The third-order valence-corrected chi connectivity index (χ3v) is 4.13. The number of aryl methyl sites for hydroxylation is 1. The van der Waals surface area contributed by atoms with Gasteiger partial charge in [0.15, 0.2) is 0 Å². The highest BCUT2D eigenvalue weighted by Crippen LogP contribution is 2.30. The second kappa shape index (κ2) is 7.18. The van der Waals surface area contributed by atoms with E-state index >= 15 is 0 Å². The molecule has 1 unspecified atom stereocenters. The summed E-state index contributed by atoms with van der Waals surface area (Å²) < 4.78 is 10.7. The van der Waals surface area contributed by atoms with E-state index in [9.17, 15) is 4.79 Å². The van der Waals surface area contributed by atoms with Crippen molar-refractivity contribution in [3.05, 3.63) is 59.7 Å². The van der Waals surface area contributed by atoms with Crippen LogP contribution in [0.15, 0.2) is 48.5 Å². The molecule has 0 fully saturated rings. The van der Waals surface area contributed by atoms with Gasteiger partial charge in [-0.2, -0.15) is 0 Å². The third kappa shape index (κ3) is 3.83. The van der Waals surface area contributed by atoms with Crippen LogP contribution in [-0.2, 0) is 11.2 Å². The van der Waals surface area contributed by atoms with E-state index in [4.69, 9.17) is 9.47 Å². The predicted octanol–water partition coefficient (Wildman–Crippen LogP) is 3.27. The van der Waals surface area contributed by atoms with Crippen molar-refractivity contribution in [3.8, 4) is 11.5 Å². The number of methoxy groups -OCH3 is 1. The molecule has 1 atom stereocenters. The highest BCUT2D eigenvalue weighted by Gasteiger charge is 2.23. The maximum absolute atomic E-state index is 12.1. The van der Waals surface area contributed by atoms with E-state index in [-0.39, 0.29) is 11.9 Å². The Labute approximate surface area is 136 Å². The quantitative estimate of drug-likeness (QED) is 0.890. The average Bonchev–Trinajstić information content (AvgIpc) is 2.99. The van der Waals surface area contributed by atoms with Gasteiger partial charge in [-0.05, 0) is 48.2 Å². The molecular formula is C19H21NO3. The number of hydrogen-bond acceptors (Lipinski definition) is 3. The van der Waals surface area contributed by atoms with Gasteiger partial charge >= 0.3 is 0 Å². The molecule has 4 heteroatoms. The summed E-state index contributed by atoms with van der Waals surface area (Å²) in [4.78, 5) is 12.1. The van der Waals surface area contributed by atoms with Crippen LogP contribution in [0.25, 0.3) is 0 Å². The largest absolute Gasteiger partial charge is 0.497 e. The smallest absolute Gasteiger partial charge is 0.223 e. The minimum atomic E-state index is 0.0280. The first-order valence-corrected chi connectivity index (χ1v) is 7.90. The fourth-order valence-corrected chi connectivity index (χ4v) is 2.91. The van der Waals surface area contributed by atoms with E-state index in [1.807, 2.05) is 36.4 Å². The van der Waals surface area contributed by atoms with Gasteiger partial charge in [-0.1, -0.05) is 24.3 Å². The summed E-state index contributed by atoms with van der Waals surface area (Å²) in [6.45, 7) is 0.368. The lowest BCUT2D eigenvalue weighted by Crippen LogP contribution is -2.28. The number of hydrogen-bond donors (Lipinski definition) is 1. The van der Waals surface area contributed by atoms with E-state index in [1.54, 1.807) is 7.11 Å². The SMILES string of the molecule is COc1ccc(OCCC(=O)NC2CCc3ccccc32)cc1. The minimum absolute atomic E-state index is 0.0280. The van der Waals surface area contributed by atoms with Gasteiger partial charge in [0.05, 0.1) is 26.2 Å². The lowest BCUT2D eigenvalue weighted by molar-refractivity contribution is -0.122. The second-order valence-corrected chi connectivity index (χ2v) is 5.63. The molecule has 0 aliphatic heterocycles. The molecule has 0 saturated heterocycles. The molecule has 0 aromatic heterocycles. The lowest BCUT2D eigenvalue weighted by Gasteiger charge is -2.14. The van der Waals surface area contributed by atoms with Crippen LogP contribution in [0.1, 0.15) is 30.0 Å². The molecular weight excluding hydrogens is 290 g/mol. The Hall–Kier alpha value is -2.49. The molecule has 1 aliphatic rings. The maximum Gasteiger partial charge on any atom is 0.223 e. The molecule has 4 nitrogen and oxygen atoms in total. The Morgan fingerprint density at radius 1 is 1.13 bits per heavy atom. The first-order valence-electron chi connectivity index (χ1n) is 7.90. The van der Waals surface area contributed by atoms with Gasteiger partial charge in [0.2, 0.25) is 5.91 Å². The van der Waals surface area contributed by atoms with E-state index in [0.29, 0.717) is 13.0 Å². The van der Waals surface area contributed by atoms with Crippen molar-refractivity contribution >= 4 is 5.91 Å². The first kappa shape index (κ1) is 15.4. The van der Waals surface area contributed by atoms with Gasteiger partial charge < -0.3 is 14.8 Å². The van der Waals surface area contributed by atoms with Gasteiger partial charge in [-0.15, -0.1) is 0 Å². The monoisotopic (exact) mass is 311 g/mol. The summed E-state index contributed by atoms with van der Waals surface area (Å²) in [6, 6.07) is 15.8. The number of fused-ring (bicyclic) bond motifs is 1. The fraction of sp³-hybridized carbons (Fsp3) is 0.316. The van der Waals surface area contributed by atoms with E-state index < -0.39 is 0 Å². The molecule has 0 spiro atoms. The van der Waals surface area contributed by atoms with Crippen LogP contribution in [0.4, 0.5) is 0 Å². The second-order valence-electron chi connectivity index (χ2n) is 5.63. The van der Waals surface area contributed by atoms with Crippen LogP contribution in [0, 0.1) is 0 Å². The van der Waals surface area contributed by atoms with Crippen LogP contribution < -0.4 is 14.8 Å². The molecule has 23 heavy (non-hydrogen) atoms. The zero-order valence-electron chi connectivity index (χ0n) is 13.2. The predicted molar refractivity (Wildman–Crippen MR) is 88.8 cm³/mol. The van der Waals surface area contributed by atoms with Crippen molar-refractivity contribution < 1.29 is 14.3 Å². The molecule has 1 aliphatic carbocycles. The van der Waals surface area contributed by atoms with Gasteiger partial charge in [-0.25, -0.2) is 0 Å². The molecule has 1 N–H and O–H groups in total. The molecule has 1 amide bonds. The van der Waals surface area contributed by atoms with Crippen molar-refractivity contribution in [1.29, 1.82) is 0 Å². The number of carbonyl (C=O) groups is 1. The lowest BCUT2D eigenvalue weighted by atomic mass is 10.1. The zero-order valence-corrected chi connectivity index (χ0v) is 13.2. The van der Waals surface area contributed by atoms with Gasteiger partial charge in [0, 0.05) is 0 Å².